The normalized spacial score (nSPS) is 12.2. The number of amides is 1. The van der Waals surface area contributed by atoms with E-state index < -0.39 is 16.1 Å². The molecule has 34 heavy (non-hydrogen) atoms. The number of sulfonamides is 1. The Balaban J connectivity index is 2.27. The number of nitrogens with zero attached hydrogens (tertiary/aromatic N) is 2. The molecule has 0 radical (unpaired) electrons. The lowest BCUT2D eigenvalue weighted by Gasteiger charge is -2.22. The van der Waals surface area contributed by atoms with E-state index in [4.69, 9.17) is 16.7 Å². The highest BCUT2D eigenvalue weighted by atomic mass is 35.5. The molecule has 7 nitrogen and oxygen atoms in total. The predicted octanol–water partition coefficient (Wildman–Crippen LogP) is 5.70. The molecule has 1 aromatic heterocycles. The second-order valence-electron chi connectivity index (χ2n) is 9.76. The smallest absolute Gasteiger partial charge is 0.418 e. The summed E-state index contributed by atoms with van der Waals surface area (Å²) in [6, 6.07) is 12.5. The molecule has 182 valence electrons. The lowest BCUT2D eigenvalue weighted by Crippen LogP contribution is -2.29. The van der Waals surface area contributed by atoms with Gasteiger partial charge in [0, 0.05) is 23.7 Å². The Morgan fingerprint density at radius 1 is 1.15 bits per heavy atom. The summed E-state index contributed by atoms with van der Waals surface area (Å²) in [5.74, 6) is 1.09. The van der Waals surface area contributed by atoms with E-state index in [0.29, 0.717) is 28.7 Å². The van der Waals surface area contributed by atoms with Crippen molar-refractivity contribution in [1.82, 2.24) is 14.3 Å². The van der Waals surface area contributed by atoms with Crippen LogP contribution in [0, 0.1) is 5.92 Å². The fourth-order valence-electron chi connectivity index (χ4n) is 3.97. The number of hydrogen-bond acceptors (Lipinski definition) is 4. The monoisotopic (exact) mass is 503 g/mol. The number of imidazole rings is 1. The quantitative estimate of drug-likeness (QED) is 0.430. The average molecular weight is 504 g/mol. The molecule has 2 N–H and O–H groups in total. The molecule has 0 aliphatic rings. The molecule has 0 bridgehead atoms. The zero-order valence-electron chi connectivity index (χ0n) is 20.0. The van der Waals surface area contributed by atoms with E-state index in [9.17, 15) is 13.2 Å². The Morgan fingerprint density at radius 2 is 1.79 bits per heavy atom. The van der Waals surface area contributed by atoms with Crippen LogP contribution in [0.3, 0.4) is 0 Å². The zero-order chi connectivity index (χ0) is 25.3. The molecule has 1 amide bonds. The number of halogens is 1. The van der Waals surface area contributed by atoms with Crippen molar-refractivity contribution in [3.8, 4) is 11.1 Å². The number of benzene rings is 2. The van der Waals surface area contributed by atoms with Gasteiger partial charge in [0.05, 0.1) is 4.90 Å². The second-order valence-corrected chi connectivity index (χ2v) is 11.8. The van der Waals surface area contributed by atoms with E-state index in [0.717, 1.165) is 23.4 Å². The maximum Gasteiger partial charge on any atom is 0.418 e. The maximum atomic E-state index is 13.1. The van der Waals surface area contributed by atoms with Crippen LogP contribution in [0.5, 0.6) is 0 Å². The minimum absolute atomic E-state index is 0.0906. The SMILES string of the molecule is CC(C)Cc1cc(-c2ccccc2)c(S(=O)(=O)NC(=O)O)cc1Cn1cc(Cl)nc1C(C)(C)C. The Hall–Kier alpha value is -2.84. The molecule has 3 rings (SSSR count). The van der Waals surface area contributed by atoms with Crippen LogP contribution in [0.2, 0.25) is 5.15 Å². The summed E-state index contributed by atoms with van der Waals surface area (Å²) in [5.41, 5.74) is 2.60. The highest BCUT2D eigenvalue weighted by molar-refractivity contribution is 7.90. The molecule has 0 aliphatic heterocycles. The van der Waals surface area contributed by atoms with Crippen LogP contribution in [-0.2, 0) is 28.4 Å². The third-order valence-corrected chi connectivity index (χ3v) is 6.83. The Kier molecular flexibility index (Phi) is 7.43. The first-order valence-corrected chi connectivity index (χ1v) is 12.8. The van der Waals surface area contributed by atoms with Gasteiger partial charge in [0.2, 0.25) is 0 Å². The molecule has 2 aromatic carbocycles. The Morgan fingerprint density at radius 3 is 2.35 bits per heavy atom. The summed E-state index contributed by atoms with van der Waals surface area (Å²) in [7, 11) is -4.33. The van der Waals surface area contributed by atoms with E-state index in [1.165, 1.54) is 0 Å². The van der Waals surface area contributed by atoms with Crippen molar-refractivity contribution in [1.29, 1.82) is 0 Å². The first-order valence-electron chi connectivity index (χ1n) is 11.0. The fourth-order valence-corrected chi connectivity index (χ4v) is 5.27. The molecular formula is C25H30ClN3O4S. The van der Waals surface area contributed by atoms with Crippen LogP contribution in [0.25, 0.3) is 11.1 Å². The van der Waals surface area contributed by atoms with Crippen LogP contribution in [0.1, 0.15) is 51.6 Å². The maximum absolute atomic E-state index is 13.1. The van der Waals surface area contributed by atoms with E-state index >= 15 is 0 Å². The number of hydrogen-bond donors (Lipinski definition) is 2. The highest BCUT2D eigenvalue weighted by Crippen LogP contribution is 2.33. The summed E-state index contributed by atoms with van der Waals surface area (Å²) >= 11 is 6.23. The van der Waals surface area contributed by atoms with Gasteiger partial charge in [-0.3, -0.25) is 0 Å². The van der Waals surface area contributed by atoms with Crippen LogP contribution >= 0.6 is 11.6 Å². The third-order valence-electron chi connectivity index (χ3n) is 5.28. The van der Waals surface area contributed by atoms with E-state index in [-0.39, 0.29) is 10.3 Å². The first-order chi connectivity index (χ1) is 15.8. The van der Waals surface area contributed by atoms with Crippen LogP contribution < -0.4 is 4.72 Å². The molecule has 0 atom stereocenters. The summed E-state index contributed by atoms with van der Waals surface area (Å²) < 4.78 is 29.8. The molecule has 0 spiro atoms. The minimum Gasteiger partial charge on any atom is -0.464 e. The molecule has 0 aliphatic carbocycles. The number of aromatic nitrogens is 2. The lowest BCUT2D eigenvalue weighted by molar-refractivity contribution is 0.201. The molecule has 0 saturated heterocycles. The molecule has 3 aromatic rings. The zero-order valence-corrected chi connectivity index (χ0v) is 21.5. The molecule has 1 heterocycles. The summed E-state index contributed by atoms with van der Waals surface area (Å²) in [6.45, 7) is 10.6. The Bertz CT molecular complexity index is 1290. The van der Waals surface area contributed by atoms with Gasteiger partial charge in [0.15, 0.2) is 0 Å². The summed E-state index contributed by atoms with van der Waals surface area (Å²) in [6.07, 6.45) is 0.814. The lowest BCUT2D eigenvalue weighted by atomic mass is 9.92. The Labute approximate surface area is 205 Å². The van der Waals surface area contributed by atoms with Crippen molar-refractivity contribution < 1.29 is 18.3 Å². The topological polar surface area (TPSA) is 101 Å². The van der Waals surface area contributed by atoms with Crippen molar-refractivity contribution in [3.05, 3.63) is 70.8 Å². The van der Waals surface area contributed by atoms with Crippen molar-refractivity contribution in [2.45, 2.75) is 57.9 Å². The highest BCUT2D eigenvalue weighted by Gasteiger charge is 2.26. The largest absolute Gasteiger partial charge is 0.464 e. The van der Waals surface area contributed by atoms with Crippen molar-refractivity contribution in [3.63, 3.8) is 0 Å². The van der Waals surface area contributed by atoms with Gasteiger partial charge in [-0.15, -0.1) is 0 Å². The van der Waals surface area contributed by atoms with Gasteiger partial charge in [-0.1, -0.05) is 76.6 Å². The second kappa shape index (κ2) is 9.80. The fraction of sp³-hybridized carbons (Fsp3) is 0.360. The standard InChI is InChI=1S/C25H30ClN3O4S/c1-16(2)11-18-12-20(17-9-7-6-8-10-17)21(34(32,33)28-24(30)31)13-19(18)14-29-15-22(26)27-23(29)25(3,4)5/h6-10,12-13,15-16,28H,11,14H2,1-5H3,(H,30,31). The van der Waals surface area contributed by atoms with Gasteiger partial charge in [-0.05, 0) is 41.2 Å². The number of carbonyl (C=O) groups is 1. The van der Waals surface area contributed by atoms with Gasteiger partial charge < -0.3 is 9.67 Å². The van der Waals surface area contributed by atoms with Crippen molar-refractivity contribution in [2.24, 2.45) is 5.92 Å². The third kappa shape index (κ3) is 5.98. The van der Waals surface area contributed by atoms with Crippen LogP contribution in [0.4, 0.5) is 4.79 Å². The number of rotatable bonds is 7. The van der Waals surface area contributed by atoms with Gasteiger partial charge in [-0.25, -0.2) is 22.9 Å². The molecular weight excluding hydrogens is 474 g/mol. The van der Waals surface area contributed by atoms with E-state index in [1.807, 2.05) is 49.6 Å². The van der Waals surface area contributed by atoms with Gasteiger partial charge in [0.1, 0.15) is 11.0 Å². The van der Waals surface area contributed by atoms with E-state index in [1.54, 1.807) is 29.1 Å². The van der Waals surface area contributed by atoms with Gasteiger partial charge in [-0.2, -0.15) is 0 Å². The molecule has 0 saturated carbocycles. The minimum atomic E-state index is -4.33. The molecule has 0 fully saturated rings. The molecule has 0 unspecified atom stereocenters. The van der Waals surface area contributed by atoms with Crippen LogP contribution in [-0.4, -0.2) is 29.2 Å². The number of carboxylic acid groups (broad SMARTS) is 1. The average Bonchev–Trinajstić information content (AvgIpc) is 3.09. The van der Waals surface area contributed by atoms with Crippen molar-refractivity contribution in [2.75, 3.05) is 0 Å². The molecule has 9 heteroatoms. The van der Waals surface area contributed by atoms with Crippen molar-refractivity contribution >= 4 is 27.7 Å². The summed E-state index contributed by atoms with van der Waals surface area (Å²) in [4.78, 5) is 15.6. The van der Waals surface area contributed by atoms with Gasteiger partial charge >= 0.3 is 6.09 Å². The van der Waals surface area contributed by atoms with Crippen LogP contribution in [0.15, 0.2) is 53.6 Å². The summed E-state index contributed by atoms with van der Waals surface area (Å²) in [5, 5.41) is 9.52. The predicted molar refractivity (Wildman–Crippen MR) is 134 cm³/mol. The number of nitrogens with one attached hydrogen (secondary N) is 1. The van der Waals surface area contributed by atoms with Gasteiger partial charge in [0.25, 0.3) is 10.0 Å². The van der Waals surface area contributed by atoms with E-state index in [2.05, 4.69) is 18.8 Å². The first kappa shape index (κ1) is 25.8.